The Bertz CT molecular complexity index is 766. The minimum atomic E-state index is -0.0422. The van der Waals surface area contributed by atoms with E-state index in [4.69, 9.17) is 15.2 Å². The van der Waals surface area contributed by atoms with Crippen LogP contribution >= 0.6 is 0 Å². The molecule has 26 heavy (non-hydrogen) atoms. The van der Waals surface area contributed by atoms with Crippen LogP contribution in [-0.4, -0.2) is 70.8 Å². The minimum absolute atomic E-state index is 0.0422. The average molecular weight is 360 g/mol. The third kappa shape index (κ3) is 3.37. The fourth-order valence-electron chi connectivity index (χ4n) is 3.81. The summed E-state index contributed by atoms with van der Waals surface area (Å²) < 4.78 is 13.9. The molecule has 0 radical (unpaired) electrons. The number of hydrogen-bond acceptors (Lipinski definition) is 7. The van der Waals surface area contributed by atoms with Crippen LogP contribution in [0.25, 0.3) is 11.0 Å². The highest BCUT2D eigenvalue weighted by atomic mass is 16.5. The van der Waals surface area contributed by atoms with Crippen molar-refractivity contribution in [2.45, 2.75) is 31.2 Å². The molecule has 2 aromatic rings. The number of nitrogen functional groups attached to an aromatic ring is 1. The number of nitrogens with zero attached hydrogens (tertiary/aromatic N) is 4. The number of ether oxygens (including phenoxy) is 2. The molecule has 2 aromatic heterocycles. The van der Waals surface area contributed by atoms with E-state index in [0.29, 0.717) is 25.6 Å². The molecule has 2 aliphatic rings. The Morgan fingerprint density at radius 1 is 1.38 bits per heavy atom. The average Bonchev–Trinajstić information content (AvgIpc) is 3.28. The summed E-state index contributed by atoms with van der Waals surface area (Å²) in [5, 5.41) is 3.61. The van der Waals surface area contributed by atoms with Crippen LogP contribution in [-0.2, 0) is 14.3 Å². The molecule has 0 aliphatic carbocycles. The third-order valence-electron chi connectivity index (χ3n) is 5.16. The Balaban J connectivity index is 1.41. The Kier molecular flexibility index (Phi) is 5.00. The van der Waals surface area contributed by atoms with Gasteiger partial charge in [0, 0.05) is 25.8 Å². The molecule has 0 saturated carbocycles. The molecule has 0 bridgehead atoms. The maximum Gasteiger partial charge on any atom is 0.207 e. The smallest absolute Gasteiger partial charge is 0.207 e. The molecule has 2 aliphatic heterocycles. The van der Waals surface area contributed by atoms with Crippen molar-refractivity contribution in [1.82, 2.24) is 24.8 Å². The second kappa shape index (κ2) is 7.56. The van der Waals surface area contributed by atoms with E-state index in [0.717, 1.165) is 43.4 Å². The van der Waals surface area contributed by atoms with Crippen molar-refractivity contribution >= 4 is 23.3 Å². The van der Waals surface area contributed by atoms with Gasteiger partial charge in [0.15, 0.2) is 0 Å². The number of hydrogen-bond donors (Lipinski definition) is 2. The highest BCUT2D eigenvalue weighted by Gasteiger charge is 2.32. The van der Waals surface area contributed by atoms with Gasteiger partial charge in [0.05, 0.1) is 30.7 Å². The molecule has 9 nitrogen and oxygen atoms in total. The van der Waals surface area contributed by atoms with Crippen LogP contribution in [0.5, 0.6) is 0 Å². The van der Waals surface area contributed by atoms with Crippen LogP contribution in [0.4, 0.5) is 5.82 Å². The first-order valence-corrected chi connectivity index (χ1v) is 8.97. The Hall–Kier alpha value is -2.23. The van der Waals surface area contributed by atoms with Gasteiger partial charge in [-0.2, -0.15) is 0 Å². The van der Waals surface area contributed by atoms with E-state index in [1.165, 1.54) is 6.33 Å². The zero-order chi connectivity index (χ0) is 17.9. The van der Waals surface area contributed by atoms with Gasteiger partial charge >= 0.3 is 0 Å². The van der Waals surface area contributed by atoms with Crippen molar-refractivity contribution in [2.75, 3.05) is 38.6 Å². The summed E-state index contributed by atoms with van der Waals surface area (Å²) in [6.07, 6.45) is 6.20. The lowest BCUT2D eigenvalue weighted by Crippen LogP contribution is -2.52. The van der Waals surface area contributed by atoms with Crippen molar-refractivity contribution in [2.24, 2.45) is 0 Å². The lowest BCUT2D eigenvalue weighted by molar-refractivity contribution is -0.110. The minimum Gasteiger partial charge on any atom is -0.383 e. The third-order valence-corrected chi connectivity index (χ3v) is 5.16. The van der Waals surface area contributed by atoms with Gasteiger partial charge in [-0.05, 0) is 18.9 Å². The quantitative estimate of drug-likeness (QED) is 0.706. The van der Waals surface area contributed by atoms with Crippen LogP contribution in [0.2, 0.25) is 0 Å². The summed E-state index contributed by atoms with van der Waals surface area (Å²) in [7, 11) is 0. The molecule has 2 saturated heterocycles. The molecule has 9 heteroatoms. The van der Waals surface area contributed by atoms with Crippen LogP contribution in [0.1, 0.15) is 19.1 Å². The number of carbonyl (C=O) groups is 1. The second-order valence-corrected chi connectivity index (χ2v) is 6.76. The fourth-order valence-corrected chi connectivity index (χ4v) is 3.81. The van der Waals surface area contributed by atoms with Gasteiger partial charge < -0.3 is 25.1 Å². The SMILES string of the molecule is Nc1ncnc2c1ccn2C1CCC(CN2CCOCC2CNC=O)O1. The monoisotopic (exact) mass is 360 g/mol. The molecule has 3 N–H and O–H groups in total. The van der Waals surface area contributed by atoms with E-state index in [-0.39, 0.29) is 18.4 Å². The molecule has 3 atom stereocenters. The summed E-state index contributed by atoms with van der Waals surface area (Å²) in [4.78, 5) is 21.3. The van der Waals surface area contributed by atoms with E-state index in [9.17, 15) is 4.79 Å². The highest BCUT2D eigenvalue weighted by Crippen LogP contribution is 2.32. The number of morpholine rings is 1. The predicted octanol–water partition coefficient (Wildman–Crippen LogP) is 0.138. The number of amides is 1. The molecule has 0 aromatic carbocycles. The van der Waals surface area contributed by atoms with Gasteiger partial charge in [-0.15, -0.1) is 0 Å². The highest BCUT2D eigenvalue weighted by molar-refractivity contribution is 5.86. The molecule has 140 valence electrons. The Morgan fingerprint density at radius 2 is 2.31 bits per heavy atom. The first-order chi connectivity index (χ1) is 12.8. The van der Waals surface area contributed by atoms with Crippen molar-refractivity contribution in [3.8, 4) is 0 Å². The van der Waals surface area contributed by atoms with Crippen molar-refractivity contribution in [3.05, 3.63) is 18.6 Å². The lowest BCUT2D eigenvalue weighted by Gasteiger charge is -2.36. The number of rotatable bonds is 6. The van der Waals surface area contributed by atoms with E-state index in [2.05, 4.69) is 20.2 Å². The van der Waals surface area contributed by atoms with Gasteiger partial charge in [0.25, 0.3) is 0 Å². The van der Waals surface area contributed by atoms with Crippen molar-refractivity contribution in [1.29, 1.82) is 0 Å². The largest absolute Gasteiger partial charge is 0.383 e. The molecular formula is C17H24N6O3. The van der Waals surface area contributed by atoms with Gasteiger partial charge in [-0.25, -0.2) is 9.97 Å². The number of fused-ring (bicyclic) bond motifs is 1. The molecule has 3 unspecified atom stereocenters. The number of anilines is 1. The standard InChI is InChI=1S/C17H24N6O3/c18-16-14-3-4-23(17(14)21-10-20-16)15-2-1-13(26-15)8-22-5-6-25-9-12(22)7-19-11-24/h3-4,10-13,15H,1-2,5-9H2,(H,19,24)(H2,18,20,21). The summed E-state index contributed by atoms with van der Waals surface area (Å²) in [5.41, 5.74) is 6.73. The van der Waals surface area contributed by atoms with E-state index < -0.39 is 0 Å². The summed E-state index contributed by atoms with van der Waals surface area (Å²) >= 11 is 0. The predicted molar refractivity (Wildman–Crippen MR) is 95.3 cm³/mol. The maximum atomic E-state index is 10.6. The first-order valence-electron chi connectivity index (χ1n) is 8.97. The number of aromatic nitrogens is 3. The van der Waals surface area contributed by atoms with Crippen molar-refractivity contribution in [3.63, 3.8) is 0 Å². The van der Waals surface area contributed by atoms with Crippen LogP contribution in [0, 0.1) is 0 Å². The summed E-state index contributed by atoms with van der Waals surface area (Å²) in [6, 6.07) is 2.13. The second-order valence-electron chi connectivity index (χ2n) is 6.76. The van der Waals surface area contributed by atoms with Crippen LogP contribution < -0.4 is 11.1 Å². The molecule has 2 fully saturated rings. The van der Waals surface area contributed by atoms with Gasteiger partial charge in [-0.3, -0.25) is 9.69 Å². The van der Waals surface area contributed by atoms with Crippen LogP contribution in [0.15, 0.2) is 18.6 Å². The fraction of sp³-hybridized carbons (Fsp3) is 0.588. The lowest BCUT2D eigenvalue weighted by atomic mass is 10.1. The Labute approximate surface area is 151 Å². The topological polar surface area (TPSA) is 108 Å². The first kappa shape index (κ1) is 17.2. The zero-order valence-corrected chi connectivity index (χ0v) is 14.6. The van der Waals surface area contributed by atoms with E-state index in [1.807, 2.05) is 16.8 Å². The summed E-state index contributed by atoms with van der Waals surface area (Å²) in [5.74, 6) is 0.488. The van der Waals surface area contributed by atoms with E-state index >= 15 is 0 Å². The Morgan fingerprint density at radius 3 is 3.19 bits per heavy atom. The summed E-state index contributed by atoms with van der Waals surface area (Å²) in [6.45, 7) is 3.63. The van der Waals surface area contributed by atoms with Crippen LogP contribution in [0.3, 0.4) is 0 Å². The molecule has 4 rings (SSSR count). The van der Waals surface area contributed by atoms with Crippen molar-refractivity contribution < 1.29 is 14.3 Å². The normalized spacial score (nSPS) is 27.0. The number of nitrogens with two attached hydrogens (primary N) is 1. The zero-order valence-electron chi connectivity index (χ0n) is 14.6. The number of carbonyl (C=O) groups excluding carboxylic acids is 1. The van der Waals surface area contributed by atoms with Gasteiger partial charge in [0.2, 0.25) is 6.41 Å². The maximum absolute atomic E-state index is 10.6. The van der Waals surface area contributed by atoms with E-state index in [1.54, 1.807) is 0 Å². The molecular weight excluding hydrogens is 336 g/mol. The van der Waals surface area contributed by atoms with Gasteiger partial charge in [-0.1, -0.05) is 0 Å². The van der Waals surface area contributed by atoms with Gasteiger partial charge in [0.1, 0.15) is 24.0 Å². The molecule has 1 amide bonds. The molecule has 4 heterocycles. The number of nitrogens with one attached hydrogen (secondary N) is 1. The molecule has 0 spiro atoms.